The number of thioether (sulfide) groups is 1. The third kappa shape index (κ3) is 3.89. The van der Waals surface area contributed by atoms with Crippen LogP contribution in [-0.2, 0) is 12.3 Å². The summed E-state index contributed by atoms with van der Waals surface area (Å²) in [4.78, 5) is 17.4. The van der Waals surface area contributed by atoms with Crippen LogP contribution in [0.4, 0.5) is 4.39 Å². The number of halogens is 1. The number of nitrogens with zero attached hydrogens (tertiary/aromatic N) is 2. The molecule has 0 unspecified atom stereocenters. The van der Waals surface area contributed by atoms with Gasteiger partial charge in [-0.25, -0.2) is 9.37 Å². The average Bonchev–Trinajstić information content (AvgIpc) is 2.66. The fourth-order valence-electron chi connectivity index (χ4n) is 2.69. The third-order valence-electron chi connectivity index (χ3n) is 3.97. The van der Waals surface area contributed by atoms with Gasteiger partial charge in [-0.1, -0.05) is 23.9 Å². The molecule has 0 atom stereocenters. The number of para-hydroxylation sites is 1. The molecule has 7 heteroatoms. The van der Waals surface area contributed by atoms with Gasteiger partial charge in [0.05, 0.1) is 18.0 Å². The zero-order valence-corrected chi connectivity index (χ0v) is 15.1. The highest BCUT2D eigenvalue weighted by Crippen LogP contribution is 2.28. The Morgan fingerprint density at radius 2 is 2.08 bits per heavy atom. The first kappa shape index (κ1) is 18.4. The first-order valence-corrected chi connectivity index (χ1v) is 9.18. The normalized spacial score (nSPS) is 11.0. The lowest BCUT2D eigenvalue weighted by Crippen LogP contribution is -2.24. The van der Waals surface area contributed by atoms with Crippen molar-refractivity contribution in [1.82, 2.24) is 9.55 Å². The van der Waals surface area contributed by atoms with E-state index >= 15 is 0 Å². The van der Waals surface area contributed by atoms with E-state index in [-0.39, 0.29) is 18.0 Å². The van der Waals surface area contributed by atoms with Gasteiger partial charge in [0.1, 0.15) is 11.6 Å². The number of methoxy groups -OCH3 is 1. The Balaban J connectivity index is 1.98. The van der Waals surface area contributed by atoms with Gasteiger partial charge in [-0.2, -0.15) is 0 Å². The summed E-state index contributed by atoms with van der Waals surface area (Å²) >= 11 is 1.34. The summed E-state index contributed by atoms with van der Waals surface area (Å²) < 4.78 is 20.4. The van der Waals surface area contributed by atoms with Crippen LogP contribution in [0.2, 0.25) is 0 Å². The van der Waals surface area contributed by atoms with E-state index in [0.717, 1.165) is 0 Å². The molecular weight excluding hydrogens is 355 g/mol. The lowest BCUT2D eigenvalue weighted by atomic mass is 10.2. The molecule has 0 aliphatic carbocycles. The molecule has 0 saturated carbocycles. The molecule has 1 aromatic heterocycles. The van der Waals surface area contributed by atoms with Crippen LogP contribution in [0.25, 0.3) is 10.9 Å². The standard InChI is InChI=1S/C19H19FN2O3S/c1-25-17-8-7-14(20)11-13(17)12-26-19-21-16-6-3-2-5-15(16)18(24)22(19)9-4-10-23/h2-3,5-8,11,23H,4,9-10,12H2,1H3. The van der Waals surface area contributed by atoms with E-state index < -0.39 is 0 Å². The number of aromatic nitrogens is 2. The van der Waals surface area contributed by atoms with Crippen LogP contribution >= 0.6 is 11.8 Å². The minimum Gasteiger partial charge on any atom is -0.496 e. The van der Waals surface area contributed by atoms with Gasteiger partial charge in [0, 0.05) is 24.5 Å². The Morgan fingerprint density at radius 3 is 2.85 bits per heavy atom. The fraction of sp³-hybridized carbons (Fsp3) is 0.263. The maximum atomic E-state index is 13.6. The molecule has 0 aliphatic heterocycles. The van der Waals surface area contributed by atoms with Gasteiger partial charge >= 0.3 is 0 Å². The van der Waals surface area contributed by atoms with Crippen LogP contribution in [-0.4, -0.2) is 28.4 Å². The van der Waals surface area contributed by atoms with Crippen molar-refractivity contribution in [3.63, 3.8) is 0 Å². The van der Waals surface area contributed by atoms with Gasteiger partial charge in [0.15, 0.2) is 5.16 Å². The van der Waals surface area contributed by atoms with Gasteiger partial charge in [-0.3, -0.25) is 9.36 Å². The molecule has 0 spiro atoms. The van der Waals surface area contributed by atoms with Gasteiger partial charge in [0.25, 0.3) is 5.56 Å². The van der Waals surface area contributed by atoms with Crippen LogP contribution < -0.4 is 10.3 Å². The molecule has 136 valence electrons. The van der Waals surface area contributed by atoms with E-state index in [1.165, 1.54) is 31.0 Å². The summed E-state index contributed by atoms with van der Waals surface area (Å²) in [6.45, 7) is 0.358. The minimum atomic E-state index is -0.342. The maximum Gasteiger partial charge on any atom is 0.262 e. The number of benzene rings is 2. The zero-order valence-electron chi connectivity index (χ0n) is 14.3. The molecule has 26 heavy (non-hydrogen) atoms. The van der Waals surface area contributed by atoms with Crippen molar-refractivity contribution < 1.29 is 14.2 Å². The summed E-state index contributed by atoms with van der Waals surface area (Å²) in [6, 6.07) is 11.5. The second kappa shape index (κ2) is 8.33. The number of aliphatic hydroxyl groups is 1. The first-order chi connectivity index (χ1) is 12.6. The van der Waals surface area contributed by atoms with E-state index in [9.17, 15) is 9.18 Å². The molecule has 1 heterocycles. The molecule has 0 fully saturated rings. The number of hydrogen-bond acceptors (Lipinski definition) is 5. The van der Waals surface area contributed by atoms with Crippen molar-refractivity contribution in [1.29, 1.82) is 0 Å². The largest absolute Gasteiger partial charge is 0.496 e. The van der Waals surface area contributed by atoms with E-state index in [1.54, 1.807) is 28.8 Å². The second-order valence-electron chi connectivity index (χ2n) is 5.69. The number of hydrogen-bond donors (Lipinski definition) is 1. The summed E-state index contributed by atoms with van der Waals surface area (Å²) in [6.07, 6.45) is 0.455. The predicted octanol–water partition coefficient (Wildman–Crippen LogP) is 3.22. The number of rotatable bonds is 7. The summed E-state index contributed by atoms with van der Waals surface area (Å²) in [5, 5.41) is 10.2. The van der Waals surface area contributed by atoms with Gasteiger partial charge < -0.3 is 9.84 Å². The fourth-order valence-corrected chi connectivity index (χ4v) is 3.69. The highest BCUT2D eigenvalue weighted by molar-refractivity contribution is 7.98. The Hall–Kier alpha value is -2.38. The van der Waals surface area contributed by atoms with Crippen molar-refractivity contribution in [2.75, 3.05) is 13.7 Å². The molecule has 0 bridgehead atoms. The first-order valence-electron chi connectivity index (χ1n) is 8.19. The molecule has 5 nitrogen and oxygen atoms in total. The van der Waals surface area contributed by atoms with Crippen LogP contribution in [0.15, 0.2) is 52.4 Å². The molecule has 3 aromatic rings. The van der Waals surface area contributed by atoms with Gasteiger partial charge in [-0.15, -0.1) is 0 Å². The molecule has 0 radical (unpaired) electrons. The Bertz CT molecular complexity index is 975. The zero-order chi connectivity index (χ0) is 18.5. The highest BCUT2D eigenvalue weighted by atomic mass is 32.2. The molecule has 0 saturated heterocycles. The van der Waals surface area contributed by atoms with E-state index in [0.29, 0.717) is 46.1 Å². The SMILES string of the molecule is COc1ccc(F)cc1CSc1nc2ccccc2c(=O)n1CCCO. The smallest absolute Gasteiger partial charge is 0.262 e. The van der Waals surface area contributed by atoms with Gasteiger partial charge in [-0.05, 0) is 36.8 Å². The maximum absolute atomic E-state index is 13.6. The van der Waals surface area contributed by atoms with Crippen LogP contribution in [0.1, 0.15) is 12.0 Å². The molecule has 0 aliphatic rings. The second-order valence-corrected chi connectivity index (χ2v) is 6.63. The number of aliphatic hydroxyl groups excluding tert-OH is 1. The van der Waals surface area contributed by atoms with Crippen molar-refractivity contribution in [3.05, 3.63) is 64.2 Å². The van der Waals surface area contributed by atoms with Crippen LogP contribution in [0.3, 0.4) is 0 Å². The van der Waals surface area contributed by atoms with Crippen molar-refractivity contribution in [3.8, 4) is 5.75 Å². The van der Waals surface area contributed by atoms with Gasteiger partial charge in [0.2, 0.25) is 0 Å². The average molecular weight is 374 g/mol. The summed E-state index contributed by atoms with van der Waals surface area (Å²) in [5.41, 5.74) is 1.16. The monoisotopic (exact) mass is 374 g/mol. The molecule has 0 amide bonds. The van der Waals surface area contributed by atoms with Crippen molar-refractivity contribution >= 4 is 22.7 Å². The molecule has 3 rings (SSSR count). The third-order valence-corrected chi connectivity index (χ3v) is 4.99. The highest BCUT2D eigenvalue weighted by Gasteiger charge is 2.13. The molecule has 2 aromatic carbocycles. The van der Waals surface area contributed by atoms with Crippen LogP contribution in [0.5, 0.6) is 5.75 Å². The quantitative estimate of drug-likeness (QED) is 0.508. The predicted molar refractivity (Wildman–Crippen MR) is 100 cm³/mol. The minimum absolute atomic E-state index is 0.0128. The Labute approximate surface area is 154 Å². The number of ether oxygens (including phenoxy) is 1. The van der Waals surface area contributed by atoms with E-state index in [4.69, 9.17) is 9.84 Å². The lowest BCUT2D eigenvalue weighted by molar-refractivity contribution is 0.276. The topological polar surface area (TPSA) is 64.3 Å². The van der Waals surface area contributed by atoms with Crippen molar-refractivity contribution in [2.24, 2.45) is 0 Å². The molecule has 1 N–H and O–H groups in total. The van der Waals surface area contributed by atoms with E-state index in [2.05, 4.69) is 4.98 Å². The molecular formula is C19H19FN2O3S. The lowest BCUT2D eigenvalue weighted by Gasteiger charge is -2.13. The Morgan fingerprint density at radius 1 is 1.27 bits per heavy atom. The summed E-state index contributed by atoms with van der Waals surface area (Å²) in [7, 11) is 1.53. The van der Waals surface area contributed by atoms with Crippen LogP contribution in [0, 0.1) is 5.82 Å². The summed E-state index contributed by atoms with van der Waals surface area (Å²) in [5.74, 6) is 0.652. The Kier molecular flexibility index (Phi) is 5.90. The van der Waals surface area contributed by atoms with E-state index in [1.807, 2.05) is 6.07 Å². The number of fused-ring (bicyclic) bond motifs is 1. The van der Waals surface area contributed by atoms with Crippen molar-refractivity contribution in [2.45, 2.75) is 23.9 Å².